The van der Waals surface area contributed by atoms with Gasteiger partial charge in [-0.2, -0.15) is 0 Å². The fraction of sp³-hybridized carbons (Fsp3) is 0. The van der Waals surface area contributed by atoms with Crippen molar-refractivity contribution in [1.29, 1.82) is 0 Å². The number of hydrogen-bond acceptors (Lipinski definition) is 5. The molecule has 0 saturated carbocycles. The molecule has 6 heterocycles. The van der Waals surface area contributed by atoms with E-state index in [4.69, 9.17) is 4.98 Å². The van der Waals surface area contributed by atoms with E-state index < -0.39 is 0 Å². The Balaban J connectivity index is 1.26. The number of pyridine rings is 4. The first kappa shape index (κ1) is 28.5. The van der Waals surface area contributed by atoms with Crippen molar-refractivity contribution < 1.29 is 0 Å². The molecule has 0 aliphatic rings. The predicted molar refractivity (Wildman–Crippen MR) is 207 cm³/mol. The van der Waals surface area contributed by atoms with Crippen LogP contribution >= 0.6 is 11.3 Å². The molecule has 6 aromatic heterocycles. The molecule has 50 heavy (non-hydrogen) atoms. The highest BCUT2D eigenvalue weighted by atomic mass is 32.1. The van der Waals surface area contributed by atoms with Crippen LogP contribution in [-0.4, -0.2) is 24.5 Å². The second kappa shape index (κ2) is 11.6. The summed E-state index contributed by atoms with van der Waals surface area (Å²) in [5.41, 5.74) is 10.9. The van der Waals surface area contributed by atoms with Gasteiger partial charge in [-0.15, -0.1) is 11.3 Å². The lowest BCUT2D eigenvalue weighted by Crippen LogP contribution is -1.99. The van der Waals surface area contributed by atoms with Gasteiger partial charge in [0, 0.05) is 55.1 Å². The average molecular weight is 658 g/mol. The molecule has 0 N–H and O–H groups in total. The van der Waals surface area contributed by atoms with E-state index in [1.54, 1.807) is 0 Å². The Bertz CT molecular complexity index is 2800. The van der Waals surface area contributed by atoms with Crippen molar-refractivity contribution in [1.82, 2.24) is 24.5 Å². The van der Waals surface area contributed by atoms with Crippen molar-refractivity contribution in [2.45, 2.75) is 0 Å². The first-order valence-electron chi connectivity index (χ1n) is 16.5. The summed E-state index contributed by atoms with van der Waals surface area (Å²) in [7, 11) is 0. The lowest BCUT2D eigenvalue weighted by molar-refractivity contribution is 1.14. The Morgan fingerprint density at radius 1 is 0.380 bits per heavy atom. The van der Waals surface area contributed by atoms with Crippen LogP contribution in [0.2, 0.25) is 0 Å². The van der Waals surface area contributed by atoms with Gasteiger partial charge < -0.3 is 4.57 Å². The van der Waals surface area contributed by atoms with Gasteiger partial charge in [0.05, 0.1) is 45.2 Å². The van der Waals surface area contributed by atoms with Crippen molar-refractivity contribution in [3.63, 3.8) is 0 Å². The molecule has 10 aromatic rings. The maximum absolute atomic E-state index is 5.07. The Hall–Kier alpha value is -6.50. The van der Waals surface area contributed by atoms with Crippen molar-refractivity contribution in [2.24, 2.45) is 0 Å². The van der Waals surface area contributed by atoms with Crippen LogP contribution in [0, 0.1) is 0 Å². The molecule has 0 saturated heterocycles. The minimum Gasteiger partial charge on any atom is -0.309 e. The summed E-state index contributed by atoms with van der Waals surface area (Å²) in [5, 5.41) is 4.95. The van der Waals surface area contributed by atoms with Gasteiger partial charge in [0.25, 0.3) is 0 Å². The molecule has 0 bridgehead atoms. The third-order valence-corrected chi connectivity index (χ3v) is 10.5. The molecule has 0 amide bonds. The topological polar surface area (TPSA) is 56.5 Å². The first-order valence-corrected chi connectivity index (χ1v) is 17.4. The second-order valence-electron chi connectivity index (χ2n) is 12.4. The van der Waals surface area contributed by atoms with Crippen molar-refractivity contribution in [3.8, 4) is 50.8 Å². The number of fused-ring (bicyclic) bond motifs is 6. The smallest absolute Gasteiger partial charge is 0.0915 e. The highest BCUT2D eigenvalue weighted by Crippen LogP contribution is 2.42. The van der Waals surface area contributed by atoms with E-state index in [0.717, 1.165) is 61.9 Å². The Labute approximate surface area is 291 Å². The molecule has 0 spiro atoms. The summed E-state index contributed by atoms with van der Waals surface area (Å²) in [4.78, 5) is 19.0. The third-order valence-electron chi connectivity index (χ3n) is 9.34. The van der Waals surface area contributed by atoms with Crippen LogP contribution in [0.1, 0.15) is 0 Å². The van der Waals surface area contributed by atoms with Crippen molar-refractivity contribution in [2.75, 3.05) is 0 Å². The quantitative estimate of drug-likeness (QED) is 0.185. The predicted octanol–water partition coefficient (Wildman–Crippen LogP) is 11.4. The molecule has 0 aliphatic heterocycles. The average Bonchev–Trinajstić information content (AvgIpc) is 3.72. The molecule has 0 unspecified atom stereocenters. The summed E-state index contributed by atoms with van der Waals surface area (Å²) in [6, 6.07) is 51.1. The zero-order chi connectivity index (χ0) is 33.0. The minimum atomic E-state index is 0.796. The summed E-state index contributed by atoms with van der Waals surface area (Å²) < 4.78 is 4.93. The third kappa shape index (κ3) is 4.77. The number of nitrogens with zero attached hydrogens (tertiary/aromatic N) is 5. The number of hydrogen-bond donors (Lipinski definition) is 0. The minimum absolute atomic E-state index is 0.796. The van der Waals surface area contributed by atoms with Crippen LogP contribution < -0.4 is 0 Å². The lowest BCUT2D eigenvalue weighted by atomic mass is 9.99. The van der Waals surface area contributed by atoms with Crippen molar-refractivity contribution in [3.05, 3.63) is 164 Å². The van der Waals surface area contributed by atoms with E-state index in [1.165, 1.54) is 30.9 Å². The Kier molecular flexibility index (Phi) is 6.60. The molecule has 0 radical (unpaired) electrons. The largest absolute Gasteiger partial charge is 0.309 e. The molecule has 0 aliphatic carbocycles. The lowest BCUT2D eigenvalue weighted by Gasteiger charge is -2.13. The Morgan fingerprint density at radius 2 is 1.02 bits per heavy atom. The molecular formula is C44H27N5S. The maximum Gasteiger partial charge on any atom is 0.0915 e. The monoisotopic (exact) mass is 657 g/mol. The number of aromatic nitrogens is 5. The van der Waals surface area contributed by atoms with E-state index in [2.05, 4.69) is 117 Å². The number of rotatable bonds is 5. The maximum atomic E-state index is 5.07. The molecule has 0 atom stereocenters. The van der Waals surface area contributed by atoms with E-state index in [9.17, 15) is 0 Å². The van der Waals surface area contributed by atoms with Crippen molar-refractivity contribution >= 4 is 53.3 Å². The normalized spacial score (nSPS) is 11.6. The summed E-state index contributed by atoms with van der Waals surface area (Å²) in [6.45, 7) is 0. The van der Waals surface area contributed by atoms with Gasteiger partial charge in [-0.25, -0.2) is 4.98 Å². The van der Waals surface area contributed by atoms with Crippen LogP contribution in [0.3, 0.4) is 0 Å². The van der Waals surface area contributed by atoms with Gasteiger partial charge in [0.15, 0.2) is 0 Å². The molecule has 0 fully saturated rings. The highest BCUT2D eigenvalue weighted by Gasteiger charge is 2.19. The van der Waals surface area contributed by atoms with Gasteiger partial charge in [-0.05, 0) is 96.1 Å². The molecule has 234 valence electrons. The summed E-state index contributed by atoms with van der Waals surface area (Å²) in [6.07, 6.45) is 5.47. The van der Waals surface area contributed by atoms with Crippen LogP contribution in [0.15, 0.2) is 164 Å². The van der Waals surface area contributed by atoms with Crippen LogP contribution in [0.5, 0.6) is 0 Å². The van der Waals surface area contributed by atoms with E-state index in [1.807, 2.05) is 78.5 Å². The van der Waals surface area contributed by atoms with Gasteiger partial charge in [-0.3, -0.25) is 15.0 Å². The SMILES string of the molecule is c1ccc(-c2cccc(-c3ccc4c(c3)c3cc5c(cc3n4-c3cc(-c4ccccn4)nc(-c4ccccn4)c3)sc3ccccc35)c2)nc1. The summed E-state index contributed by atoms with van der Waals surface area (Å²) >= 11 is 1.84. The first-order chi connectivity index (χ1) is 24.8. The van der Waals surface area contributed by atoms with Crippen LogP contribution in [0.4, 0.5) is 0 Å². The Morgan fingerprint density at radius 3 is 1.74 bits per heavy atom. The van der Waals surface area contributed by atoms with E-state index in [-0.39, 0.29) is 0 Å². The van der Waals surface area contributed by atoms with Gasteiger partial charge in [-0.1, -0.05) is 60.7 Å². The number of benzene rings is 4. The van der Waals surface area contributed by atoms with E-state index >= 15 is 0 Å². The van der Waals surface area contributed by atoms with E-state index in [0.29, 0.717) is 0 Å². The fourth-order valence-corrected chi connectivity index (χ4v) is 8.14. The second-order valence-corrected chi connectivity index (χ2v) is 13.4. The van der Waals surface area contributed by atoms with Gasteiger partial charge >= 0.3 is 0 Å². The molecule has 10 rings (SSSR count). The zero-order valence-corrected chi connectivity index (χ0v) is 27.5. The molecule has 5 nitrogen and oxygen atoms in total. The standard InChI is InChI=1S/C44H27N5S/c1-2-16-43-32(12-1)35-26-34-33-23-29(28-10-9-11-30(22-28)36-13-3-6-19-45-36)17-18-41(33)49(42(34)27-44(35)50-43)31-24-39(37-14-4-7-20-46-37)48-40(25-31)38-15-5-8-21-47-38/h1-27H. The fourth-order valence-electron chi connectivity index (χ4n) is 7.02. The molecular weight excluding hydrogens is 631 g/mol. The molecule has 6 heteroatoms. The number of thiophene rings is 1. The van der Waals surface area contributed by atoms with Gasteiger partial charge in [0.1, 0.15) is 0 Å². The van der Waals surface area contributed by atoms with Gasteiger partial charge in [0.2, 0.25) is 0 Å². The molecule has 4 aromatic carbocycles. The zero-order valence-electron chi connectivity index (χ0n) is 26.7. The van der Waals surface area contributed by atoms with Crippen LogP contribution in [0.25, 0.3) is 92.8 Å². The summed E-state index contributed by atoms with van der Waals surface area (Å²) in [5.74, 6) is 0. The highest BCUT2D eigenvalue weighted by molar-refractivity contribution is 7.25. The van der Waals surface area contributed by atoms with Crippen LogP contribution in [-0.2, 0) is 0 Å².